The van der Waals surface area contributed by atoms with Crippen molar-refractivity contribution in [3.63, 3.8) is 0 Å². The Labute approximate surface area is 189 Å². The van der Waals surface area contributed by atoms with Crippen LogP contribution in [0, 0.1) is 5.92 Å². The molecule has 1 heterocycles. The summed E-state index contributed by atoms with van der Waals surface area (Å²) < 4.78 is 27.8. The molecule has 0 bridgehead atoms. The third kappa shape index (κ3) is 4.76. The summed E-state index contributed by atoms with van der Waals surface area (Å²) in [7, 11) is -2.04. The van der Waals surface area contributed by atoms with Gasteiger partial charge in [-0.3, -0.25) is 14.6 Å². The van der Waals surface area contributed by atoms with Gasteiger partial charge in [-0.1, -0.05) is 43.5 Å². The molecule has 1 amide bonds. The van der Waals surface area contributed by atoms with Gasteiger partial charge in [-0.25, -0.2) is 10.2 Å². The summed E-state index contributed by atoms with van der Waals surface area (Å²) in [5.41, 5.74) is 3.78. The first-order valence-corrected chi connectivity index (χ1v) is 12.8. The van der Waals surface area contributed by atoms with E-state index < -0.39 is 19.5 Å². The van der Waals surface area contributed by atoms with Crippen LogP contribution >= 0.6 is 7.52 Å². The smallest absolute Gasteiger partial charge is 0.303 e. The van der Waals surface area contributed by atoms with Crippen molar-refractivity contribution in [2.75, 3.05) is 13.7 Å². The van der Waals surface area contributed by atoms with E-state index in [2.05, 4.69) is 0 Å². The van der Waals surface area contributed by atoms with Gasteiger partial charge in [-0.2, -0.15) is 0 Å². The van der Waals surface area contributed by atoms with E-state index in [0.29, 0.717) is 36.5 Å². The summed E-state index contributed by atoms with van der Waals surface area (Å²) in [6.07, 6.45) is 6.02. The number of hydroxylamine groups is 1. The molecule has 1 fully saturated rings. The predicted molar refractivity (Wildman–Crippen MR) is 122 cm³/mol. The highest BCUT2D eigenvalue weighted by Gasteiger charge is 2.44. The van der Waals surface area contributed by atoms with Crippen molar-refractivity contribution < 1.29 is 23.8 Å². The van der Waals surface area contributed by atoms with Gasteiger partial charge in [-0.15, -0.1) is 0 Å². The molecule has 1 aliphatic heterocycles. The lowest BCUT2D eigenvalue weighted by atomic mass is 9.90. The summed E-state index contributed by atoms with van der Waals surface area (Å²) in [5.74, 6) is 0.424. The van der Waals surface area contributed by atoms with Gasteiger partial charge in [0.2, 0.25) is 0 Å². The Bertz CT molecular complexity index is 975. The van der Waals surface area contributed by atoms with Crippen LogP contribution in [0.3, 0.4) is 0 Å². The van der Waals surface area contributed by atoms with Crippen molar-refractivity contribution in [3.8, 4) is 5.75 Å². The molecule has 2 unspecified atom stereocenters. The molecule has 1 saturated carbocycles. The van der Waals surface area contributed by atoms with E-state index in [1.54, 1.807) is 41.5 Å². The molecule has 2 aliphatic rings. The van der Waals surface area contributed by atoms with Crippen LogP contribution in [0.2, 0.25) is 0 Å². The Balaban J connectivity index is 1.72. The van der Waals surface area contributed by atoms with Crippen molar-refractivity contribution in [1.82, 2.24) is 10.2 Å². The number of hydrogen-bond acceptors (Lipinski definition) is 5. The van der Waals surface area contributed by atoms with Gasteiger partial charge in [-0.05, 0) is 60.6 Å². The van der Waals surface area contributed by atoms with Crippen molar-refractivity contribution in [2.45, 2.75) is 51.1 Å². The molecule has 32 heavy (non-hydrogen) atoms. The van der Waals surface area contributed by atoms with E-state index in [9.17, 15) is 14.6 Å². The highest BCUT2D eigenvalue weighted by atomic mass is 31.2. The highest BCUT2D eigenvalue weighted by molar-refractivity contribution is 7.64. The molecule has 172 valence electrons. The maximum absolute atomic E-state index is 14.7. The third-order valence-corrected chi connectivity index (χ3v) is 9.13. The summed E-state index contributed by atoms with van der Waals surface area (Å²) in [6, 6.07) is 14.0. The van der Waals surface area contributed by atoms with Gasteiger partial charge in [0.15, 0.2) is 0 Å². The van der Waals surface area contributed by atoms with Crippen LogP contribution in [0.5, 0.6) is 5.75 Å². The summed E-state index contributed by atoms with van der Waals surface area (Å²) >= 11 is 0. The van der Waals surface area contributed by atoms with Crippen molar-refractivity contribution in [2.24, 2.45) is 5.92 Å². The average Bonchev–Trinajstić information content (AvgIpc) is 2.86. The van der Waals surface area contributed by atoms with E-state index in [4.69, 9.17) is 9.26 Å². The highest BCUT2D eigenvalue weighted by Crippen LogP contribution is 2.54. The van der Waals surface area contributed by atoms with E-state index in [-0.39, 0.29) is 0 Å². The van der Waals surface area contributed by atoms with Crippen LogP contribution in [0.15, 0.2) is 48.5 Å². The van der Waals surface area contributed by atoms with Gasteiger partial charge < -0.3 is 9.26 Å². The van der Waals surface area contributed by atoms with Crippen LogP contribution in [0.4, 0.5) is 0 Å². The maximum atomic E-state index is 14.7. The van der Waals surface area contributed by atoms with Crippen LogP contribution < -0.4 is 15.5 Å². The number of benzene rings is 2. The number of ether oxygens (including phenoxy) is 1. The zero-order chi connectivity index (χ0) is 22.6. The molecule has 0 spiro atoms. The van der Waals surface area contributed by atoms with Crippen LogP contribution in [0.1, 0.15) is 43.2 Å². The number of fused-ring (bicyclic) bond motifs is 1. The van der Waals surface area contributed by atoms with E-state index in [0.717, 1.165) is 36.8 Å². The quantitative estimate of drug-likeness (QED) is 0.370. The second-order valence-electron chi connectivity index (χ2n) is 8.58. The standard InChI is InChI=1S/C24H31N2O5P/c1-30-21-11-13-22(14-12-21)32(29,31-17-18-7-3-2-4-8-18)26-16-20-10-6-5-9-19(20)15-23(26)24(27)25-28/h5-6,9-14,18,23,28H,2-4,7-8,15-17H2,1H3,(H,25,27). The Hall–Kier alpha value is -2.18. The molecular weight excluding hydrogens is 427 g/mol. The molecule has 2 aromatic rings. The Morgan fingerprint density at radius 3 is 2.44 bits per heavy atom. The van der Waals surface area contributed by atoms with Gasteiger partial charge in [0.25, 0.3) is 5.91 Å². The van der Waals surface area contributed by atoms with Crippen LogP contribution in [-0.2, 0) is 26.8 Å². The Morgan fingerprint density at radius 1 is 1.09 bits per heavy atom. The summed E-state index contributed by atoms with van der Waals surface area (Å²) in [5, 5.41) is 9.94. The zero-order valence-corrected chi connectivity index (χ0v) is 19.3. The first-order chi connectivity index (χ1) is 15.5. The van der Waals surface area contributed by atoms with Gasteiger partial charge in [0.1, 0.15) is 11.8 Å². The molecular formula is C24H31N2O5P. The number of nitrogens with zero attached hydrogens (tertiary/aromatic N) is 1. The fourth-order valence-corrected chi connectivity index (χ4v) is 7.14. The van der Waals surface area contributed by atoms with E-state index in [1.807, 2.05) is 24.3 Å². The molecule has 8 heteroatoms. The Kier molecular flexibility index (Phi) is 7.31. The topological polar surface area (TPSA) is 88.1 Å². The number of hydrogen-bond donors (Lipinski definition) is 2. The molecule has 0 aromatic heterocycles. The fourth-order valence-electron chi connectivity index (χ4n) is 4.72. The lowest BCUT2D eigenvalue weighted by Crippen LogP contribution is -2.49. The van der Waals surface area contributed by atoms with Gasteiger partial charge in [0.05, 0.1) is 19.0 Å². The van der Waals surface area contributed by atoms with E-state index >= 15 is 0 Å². The summed E-state index contributed by atoms with van der Waals surface area (Å²) in [6.45, 7) is 0.678. The number of nitrogens with one attached hydrogen (secondary N) is 1. The zero-order valence-electron chi connectivity index (χ0n) is 18.4. The van der Waals surface area contributed by atoms with E-state index in [1.165, 1.54) is 6.42 Å². The van der Waals surface area contributed by atoms with Crippen LogP contribution in [0.25, 0.3) is 0 Å². The second kappa shape index (κ2) is 10.2. The molecule has 2 N–H and O–H groups in total. The molecule has 2 atom stereocenters. The molecule has 2 aromatic carbocycles. The molecule has 7 nitrogen and oxygen atoms in total. The normalized spacial score (nSPS) is 21.4. The fraction of sp³-hybridized carbons (Fsp3) is 0.458. The number of carbonyl (C=O) groups is 1. The second-order valence-corrected chi connectivity index (χ2v) is 10.9. The first-order valence-electron chi connectivity index (χ1n) is 11.2. The lowest BCUT2D eigenvalue weighted by Gasteiger charge is -2.40. The molecule has 0 saturated heterocycles. The van der Waals surface area contributed by atoms with Crippen molar-refractivity contribution in [3.05, 3.63) is 59.7 Å². The molecule has 1 aliphatic carbocycles. The maximum Gasteiger partial charge on any atom is 0.303 e. The van der Waals surface area contributed by atoms with Crippen molar-refractivity contribution >= 4 is 18.7 Å². The van der Waals surface area contributed by atoms with Crippen molar-refractivity contribution in [1.29, 1.82) is 0 Å². The summed E-state index contributed by atoms with van der Waals surface area (Å²) in [4.78, 5) is 12.7. The Morgan fingerprint density at radius 2 is 1.78 bits per heavy atom. The number of amides is 1. The largest absolute Gasteiger partial charge is 0.497 e. The monoisotopic (exact) mass is 458 g/mol. The minimum Gasteiger partial charge on any atom is -0.497 e. The van der Waals surface area contributed by atoms with Gasteiger partial charge >= 0.3 is 7.52 Å². The average molecular weight is 458 g/mol. The predicted octanol–water partition coefficient (Wildman–Crippen LogP) is 4.04. The van der Waals surface area contributed by atoms with Gasteiger partial charge in [0, 0.05) is 6.54 Å². The third-order valence-electron chi connectivity index (χ3n) is 6.58. The molecule has 0 radical (unpaired) electrons. The number of methoxy groups -OCH3 is 1. The van der Waals surface area contributed by atoms with Crippen LogP contribution in [-0.4, -0.2) is 35.5 Å². The number of rotatable bonds is 7. The minimum atomic E-state index is -3.62. The first kappa shape index (κ1) is 23.0. The molecule has 4 rings (SSSR count). The SMILES string of the molecule is COc1ccc(P(=O)(OCC2CCCCC2)N2Cc3ccccc3CC2C(=O)NO)cc1. The number of carbonyl (C=O) groups excluding carboxylic acids is 1. The lowest BCUT2D eigenvalue weighted by molar-refractivity contribution is -0.133. The minimum absolute atomic E-state index is 0.294.